The minimum Gasteiger partial charge on any atom is -0.310 e. The van der Waals surface area contributed by atoms with Crippen LogP contribution in [0.2, 0.25) is 0 Å². The maximum Gasteiger partial charge on any atom is 0.0467 e. The summed E-state index contributed by atoms with van der Waals surface area (Å²) in [4.78, 5) is 2.37. The largest absolute Gasteiger partial charge is 0.310 e. The van der Waals surface area contributed by atoms with Crippen LogP contribution in [0.3, 0.4) is 0 Å². The van der Waals surface area contributed by atoms with Crippen molar-refractivity contribution >= 4 is 60.2 Å². The first-order chi connectivity index (χ1) is 26.3. The van der Waals surface area contributed by atoms with Crippen LogP contribution in [-0.2, 0) is 0 Å². The summed E-state index contributed by atoms with van der Waals surface area (Å²) >= 11 is 0. The van der Waals surface area contributed by atoms with E-state index in [0.29, 0.717) is 0 Å². The van der Waals surface area contributed by atoms with Crippen molar-refractivity contribution in [3.05, 3.63) is 212 Å². The average molecular weight is 674 g/mol. The molecule has 0 N–H and O–H groups in total. The van der Waals surface area contributed by atoms with Crippen molar-refractivity contribution in [3.8, 4) is 33.4 Å². The molecule has 1 nitrogen and oxygen atoms in total. The number of anilines is 3. The van der Waals surface area contributed by atoms with Gasteiger partial charge >= 0.3 is 0 Å². The Morgan fingerprint density at radius 1 is 0.226 bits per heavy atom. The molecule has 0 aliphatic heterocycles. The SMILES string of the molecule is c1ccc(-c2cccc(N(c3ccc(-c4cc5ccccc5c5ccccc45)cc3)c3ccc(-c4cc5ccccc5c5ccccc45)cc3)c2)cc1. The Morgan fingerprint density at radius 3 is 1.15 bits per heavy atom. The molecule has 0 aromatic heterocycles. The summed E-state index contributed by atoms with van der Waals surface area (Å²) in [7, 11) is 0. The minimum absolute atomic E-state index is 1.10. The van der Waals surface area contributed by atoms with E-state index in [1.165, 1.54) is 76.5 Å². The Bertz CT molecular complexity index is 2760. The second kappa shape index (κ2) is 13.0. The molecule has 248 valence electrons. The third-order valence-corrected chi connectivity index (χ3v) is 10.6. The summed E-state index contributed by atoms with van der Waals surface area (Å²) in [6, 6.07) is 77.2. The van der Waals surface area contributed by atoms with Gasteiger partial charge in [0.1, 0.15) is 0 Å². The molecule has 0 amide bonds. The molecule has 10 aromatic rings. The van der Waals surface area contributed by atoms with Gasteiger partial charge in [0.2, 0.25) is 0 Å². The van der Waals surface area contributed by atoms with Gasteiger partial charge in [0.25, 0.3) is 0 Å². The normalized spacial score (nSPS) is 11.4. The maximum atomic E-state index is 2.37. The number of hydrogen-bond acceptors (Lipinski definition) is 1. The quantitative estimate of drug-likeness (QED) is 0.159. The molecule has 0 saturated heterocycles. The Morgan fingerprint density at radius 2 is 0.642 bits per heavy atom. The highest BCUT2D eigenvalue weighted by Gasteiger charge is 2.16. The summed E-state index contributed by atoms with van der Waals surface area (Å²) in [5.74, 6) is 0. The molecular weight excluding hydrogens is 639 g/mol. The van der Waals surface area contributed by atoms with Crippen molar-refractivity contribution in [2.75, 3.05) is 4.90 Å². The summed E-state index contributed by atoms with van der Waals surface area (Å²) in [5, 5.41) is 10.2. The molecule has 0 saturated carbocycles. The minimum atomic E-state index is 1.10. The summed E-state index contributed by atoms with van der Waals surface area (Å²) < 4.78 is 0. The first-order valence-electron chi connectivity index (χ1n) is 18.3. The Kier molecular flexibility index (Phi) is 7.55. The van der Waals surface area contributed by atoms with Crippen LogP contribution in [0.25, 0.3) is 76.5 Å². The van der Waals surface area contributed by atoms with Gasteiger partial charge in [-0.15, -0.1) is 0 Å². The van der Waals surface area contributed by atoms with Crippen molar-refractivity contribution in [2.45, 2.75) is 0 Å². The average Bonchev–Trinajstić information content (AvgIpc) is 3.24. The number of hydrogen-bond donors (Lipinski definition) is 0. The second-order valence-electron chi connectivity index (χ2n) is 13.7. The fourth-order valence-electron chi connectivity index (χ4n) is 8.07. The van der Waals surface area contributed by atoms with Crippen LogP contribution in [0.1, 0.15) is 0 Å². The van der Waals surface area contributed by atoms with Crippen molar-refractivity contribution in [2.24, 2.45) is 0 Å². The van der Waals surface area contributed by atoms with E-state index < -0.39 is 0 Å². The number of rotatable bonds is 6. The molecule has 0 radical (unpaired) electrons. The van der Waals surface area contributed by atoms with Crippen molar-refractivity contribution < 1.29 is 0 Å². The van der Waals surface area contributed by atoms with Gasteiger partial charge in [0, 0.05) is 17.1 Å². The predicted octanol–water partition coefficient (Wildman–Crippen LogP) is 14.8. The summed E-state index contributed by atoms with van der Waals surface area (Å²) in [5.41, 5.74) is 10.6. The monoisotopic (exact) mass is 673 g/mol. The molecular formula is C52H35N. The highest BCUT2D eigenvalue weighted by molar-refractivity contribution is 6.15. The van der Waals surface area contributed by atoms with Gasteiger partial charge in [0.15, 0.2) is 0 Å². The zero-order chi connectivity index (χ0) is 35.1. The van der Waals surface area contributed by atoms with Gasteiger partial charge in [0.05, 0.1) is 0 Å². The zero-order valence-corrected chi connectivity index (χ0v) is 29.2. The molecule has 1 heteroatoms. The molecule has 0 fully saturated rings. The molecule has 0 unspecified atom stereocenters. The lowest BCUT2D eigenvalue weighted by Gasteiger charge is -2.26. The summed E-state index contributed by atoms with van der Waals surface area (Å²) in [6.07, 6.45) is 0. The van der Waals surface area contributed by atoms with Gasteiger partial charge in [-0.2, -0.15) is 0 Å². The van der Waals surface area contributed by atoms with E-state index in [-0.39, 0.29) is 0 Å². The fourth-order valence-corrected chi connectivity index (χ4v) is 8.07. The van der Waals surface area contributed by atoms with Crippen molar-refractivity contribution in [3.63, 3.8) is 0 Å². The van der Waals surface area contributed by atoms with E-state index >= 15 is 0 Å². The third-order valence-electron chi connectivity index (χ3n) is 10.6. The van der Waals surface area contributed by atoms with Crippen LogP contribution in [0, 0.1) is 0 Å². The van der Waals surface area contributed by atoms with Gasteiger partial charge in [-0.3, -0.25) is 0 Å². The highest BCUT2D eigenvalue weighted by Crippen LogP contribution is 2.41. The lowest BCUT2D eigenvalue weighted by atomic mass is 9.93. The van der Waals surface area contributed by atoms with Crippen LogP contribution >= 0.6 is 0 Å². The Hall–Kier alpha value is -6.96. The van der Waals surface area contributed by atoms with E-state index in [4.69, 9.17) is 0 Å². The highest BCUT2D eigenvalue weighted by atomic mass is 15.1. The third kappa shape index (κ3) is 5.51. The topological polar surface area (TPSA) is 3.24 Å². The Labute approximate surface area is 309 Å². The van der Waals surface area contributed by atoms with Crippen LogP contribution in [-0.4, -0.2) is 0 Å². The molecule has 0 aliphatic rings. The van der Waals surface area contributed by atoms with Crippen molar-refractivity contribution in [1.29, 1.82) is 0 Å². The van der Waals surface area contributed by atoms with Gasteiger partial charge < -0.3 is 4.90 Å². The van der Waals surface area contributed by atoms with Crippen LogP contribution < -0.4 is 4.90 Å². The summed E-state index contributed by atoms with van der Waals surface area (Å²) in [6.45, 7) is 0. The smallest absolute Gasteiger partial charge is 0.0467 e. The molecule has 10 aromatic carbocycles. The van der Waals surface area contributed by atoms with Gasteiger partial charge in [-0.1, -0.05) is 164 Å². The molecule has 0 atom stereocenters. The Balaban J connectivity index is 1.10. The van der Waals surface area contributed by atoms with E-state index in [1.54, 1.807) is 0 Å². The second-order valence-corrected chi connectivity index (χ2v) is 13.7. The van der Waals surface area contributed by atoms with E-state index in [9.17, 15) is 0 Å². The van der Waals surface area contributed by atoms with Gasteiger partial charge in [-0.05, 0) is 125 Å². The molecule has 0 bridgehead atoms. The van der Waals surface area contributed by atoms with E-state index in [0.717, 1.165) is 17.1 Å². The predicted molar refractivity (Wildman–Crippen MR) is 227 cm³/mol. The number of benzene rings is 10. The lowest BCUT2D eigenvalue weighted by molar-refractivity contribution is 1.28. The van der Waals surface area contributed by atoms with E-state index in [1.807, 2.05) is 0 Å². The first-order valence-corrected chi connectivity index (χ1v) is 18.3. The molecule has 0 spiro atoms. The fraction of sp³-hybridized carbons (Fsp3) is 0. The van der Waals surface area contributed by atoms with Crippen LogP contribution in [0.4, 0.5) is 17.1 Å². The molecule has 0 heterocycles. The lowest BCUT2D eigenvalue weighted by Crippen LogP contribution is -2.10. The van der Waals surface area contributed by atoms with Crippen LogP contribution in [0.5, 0.6) is 0 Å². The zero-order valence-electron chi connectivity index (χ0n) is 29.2. The van der Waals surface area contributed by atoms with Crippen LogP contribution in [0.15, 0.2) is 212 Å². The maximum absolute atomic E-state index is 2.37. The van der Waals surface area contributed by atoms with Gasteiger partial charge in [-0.25, -0.2) is 0 Å². The molecule has 10 rings (SSSR count). The van der Waals surface area contributed by atoms with Crippen molar-refractivity contribution in [1.82, 2.24) is 0 Å². The molecule has 53 heavy (non-hydrogen) atoms. The number of nitrogens with zero attached hydrogens (tertiary/aromatic N) is 1. The number of fused-ring (bicyclic) bond motifs is 6. The molecule has 0 aliphatic carbocycles. The first kappa shape index (κ1) is 30.8. The standard InChI is InChI=1S/C52H35N/c1-2-13-36(14-3-1)39-17-12-18-44(33-39)53(42-29-25-37(26-30-42)51-34-40-15-4-6-19-45(40)47-21-8-10-23-49(47)51)43-31-27-38(28-32-43)52-35-41-16-5-7-20-46(41)48-22-9-11-24-50(48)52/h1-35H. The van der Waals surface area contributed by atoms with E-state index in [2.05, 4.69) is 217 Å².